The van der Waals surface area contributed by atoms with E-state index in [2.05, 4.69) is 106 Å². The number of hydrogen-bond acceptors (Lipinski definition) is 11. The summed E-state index contributed by atoms with van der Waals surface area (Å²) in [5, 5.41) is 31.4. The Labute approximate surface area is 441 Å². The summed E-state index contributed by atoms with van der Waals surface area (Å²) in [5.41, 5.74) is 0. The van der Waals surface area contributed by atoms with Gasteiger partial charge in [0, 0.05) is 19.3 Å². The molecule has 6 atom stereocenters. The second-order valence-corrected chi connectivity index (χ2v) is 19.2. The van der Waals surface area contributed by atoms with Crippen LogP contribution in [0.5, 0.6) is 0 Å². The maximum Gasteiger partial charge on any atom is 0.335 e. The third-order valence-corrected chi connectivity index (χ3v) is 12.5. The summed E-state index contributed by atoms with van der Waals surface area (Å²) in [7, 11) is 0. The minimum absolute atomic E-state index is 0.0549. The third kappa shape index (κ3) is 39.0. The molecule has 0 aliphatic carbocycles. The number of carboxylic acids is 1. The molecule has 416 valence electrons. The minimum Gasteiger partial charge on any atom is -0.479 e. The molecule has 1 heterocycles. The Balaban J connectivity index is 2.73. The number of carboxylic acid groups (broad SMARTS) is 1. The van der Waals surface area contributed by atoms with Gasteiger partial charge in [0.2, 0.25) is 0 Å². The van der Waals surface area contributed by atoms with E-state index in [1.165, 1.54) is 38.5 Å². The first-order chi connectivity index (χ1) is 35.6. The van der Waals surface area contributed by atoms with Crippen molar-refractivity contribution in [3.8, 4) is 0 Å². The van der Waals surface area contributed by atoms with Gasteiger partial charge in [-0.25, -0.2) is 4.79 Å². The van der Waals surface area contributed by atoms with E-state index in [-0.39, 0.29) is 25.9 Å². The molecule has 0 bridgehead atoms. The van der Waals surface area contributed by atoms with Crippen LogP contribution < -0.4 is 0 Å². The number of allylic oxidation sites excluding steroid dienone is 14. The van der Waals surface area contributed by atoms with E-state index in [0.717, 1.165) is 128 Å². The highest BCUT2D eigenvalue weighted by atomic mass is 16.7. The molecule has 73 heavy (non-hydrogen) atoms. The second kappa shape index (κ2) is 48.8. The zero-order valence-corrected chi connectivity index (χ0v) is 45.6. The lowest BCUT2D eigenvalue weighted by Gasteiger charge is -2.40. The van der Waals surface area contributed by atoms with Crippen molar-refractivity contribution in [3.05, 3.63) is 85.1 Å². The molecule has 0 aromatic heterocycles. The van der Waals surface area contributed by atoms with Crippen LogP contribution in [0.25, 0.3) is 0 Å². The fourth-order valence-corrected chi connectivity index (χ4v) is 8.14. The summed E-state index contributed by atoms with van der Waals surface area (Å²) in [6.07, 6.45) is 49.9. The largest absolute Gasteiger partial charge is 0.479 e. The van der Waals surface area contributed by atoms with Gasteiger partial charge in [0.25, 0.3) is 0 Å². The molecule has 1 saturated heterocycles. The standard InChI is InChI=1S/C61H100O12/c1-4-7-10-13-16-19-22-24-26-27-29-30-33-35-38-41-44-47-53(62)69-50-52(71-54(63)48-45-42-39-37-34-31-28-25-23-20-17-14-11-8-5-2)51-70-61-59(57(66)56(65)58(73-61)60(67)68)72-55(64)49-46-43-40-36-32-21-18-15-12-9-6-3/h7-8,10-11,16-17,19-20,24-26,28-30,52,56-59,61,65-66H,4-6,9,12-15,18,21-23,27,31-51H2,1-3H3,(H,67,68)/b10-7-,11-8-,19-16-,20-17-,26-24-,28-25-,30-29-. The Morgan fingerprint density at radius 1 is 0.466 bits per heavy atom. The van der Waals surface area contributed by atoms with Crippen molar-refractivity contribution in [1.29, 1.82) is 0 Å². The summed E-state index contributed by atoms with van der Waals surface area (Å²) >= 11 is 0. The molecular weight excluding hydrogens is 925 g/mol. The van der Waals surface area contributed by atoms with E-state index in [9.17, 15) is 34.5 Å². The molecule has 0 amide bonds. The van der Waals surface area contributed by atoms with Crippen LogP contribution in [0, 0.1) is 0 Å². The van der Waals surface area contributed by atoms with E-state index < -0.39 is 67.3 Å². The van der Waals surface area contributed by atoms with Crippen molar-refractivity contribution < 1.29 is 58.2 Å². The molecule has 3 N–H and O–H groups in total. The molecule has 0 spiro atoms. The first-order valence-electron chi connectivity index (χ1n) is 28.6. The maximum atomic E-state index is 13.1. The minimum atomic E-state index is -1.91. The molecule has 0 aromatic carbocycles. The zero-order chi connectivity index (χ0) is 53.3. The van der Waals surface area contributed by atoms with Gasteiger partial charge >= 0.3 is 23.9 Å². The Morgan fingerprint density at radius 3 is 1.32 bits per heavy atom. The second-order valence-electron chi connectivity index (χ2n) is 19.2. The number of carbonyl (C=O) groups is 4. The van der Waals surface area contributed by atoms with Crippen LogP contribution in [0.2, 0.25) is 0 Å². The molecule has 1 aliphatic heterocycles. The van der Waals surface area contributed by atoms with Crippen molar-refractivity contribution in [2.75, 3.05) is 13.2 Å². The van der Waals surface area contributed by atoms with Crippen LogP contribution in [0.4, 0.5) is 0 Å². The predicted octanol–water partition coefficient (Wildman–Crippen LogP) is 14.3. The van der Waals surface area contributed by atoms with Crippen LogP contribution in [-0.2, 0) is 42.9 Å². The number of hydrogen-bond donors (Lipinski definition) is 3. The van der Waals surface area contributed by atoms with E-state index in [1.54, 1.807) is 0 Å². The van der Waals surface area contributed by atoms with Crippen molar-refractivity contribution in [2.45, 2.75) is 263 Å². The van der Waals surface area contributed by atoms with Crippen LogP contribution in [0.15, 0.2) is 85.1 Å². The van der Waals surface area contributed by atoms with Crippen LogP contribution in [-0.4, -0.2) is 89.2 Å². The van der Waals surface area contributed by atoms with E-state index >= 15 is 0 Å². The number of aliphatic hydroxyl groups excluding tert-OH is 2. The molecule has 1 fully saturated rings. The Hall–Kier alpha value is -4.10. The van der Waals surface area contributed by atoms with Crippen molar-refractivity contribution in [2.24, 2.45) is 0 Å². The Kier molecular flexibility index (Phi) is 44.7. The first-order valence-corrected chi connectivity index (χ1v) is 28.6. The summed E-state index contributed by atoms with van der Waals surface area (Å²) in [4.78, 5) is 51.0. The number of aliphatic carboxylic acids is 1. The fraction of sp³-hybridized carbons (Fsp3) is 0.705. The highest BCUT2D eigenvalue weighted by Gasteiger charge is 2.50. The van der Waals surface area contributed by atoms with Crippen molar-refractivity contribution in [1.82, 2.24) is 0 Å². The van der Waals surface area contributed by atoms with Gasteiger partial charge < -0.3 is 39.0 Å². The number of unbranched alkanes of at least 4 members (excludes halogenated alkanes) is 19. The van der Waals surface area contributed by atoms with Gasteiger partial charge in [0.05, 0.1) is 6.61 Å². The number of carbonyl (C=O) groups excluding carboxylic acids is 3. The number of aliphatic hydroxyl groups is 2. The lowest BCUT2D eigenvalue weighted by atomic mass is 9.98. The maximum absolute atomic E-state index is 13.1. The highest BCUT2D eigenvalue weighted by molar-refractivity contribution is 5.74. The average molecular weight is 1030 g/mol. The molecule has 1 aliphatic rings. The third-order valence-electron chi connectivity index (χ3n) is 12.5. The summed E-state index contributed by atoms with van der Waals surface area (Å²) < 4.78 is 28.3. The molecule has 0 aromatic rings. The Morgan fingerprint density at radius 2 is 0.863 bits per heavy atom. The lowest BCUT2D eigenvalue weighted by Crippen LogP contribution is -2.61. The van der Waals surface area contributed by atoms with E-state index in [0.29, 0.717) is 19.3 Å². The van der Waals surface area contributed by atoms with Gasteiger partial charge in [-0.3, -0.25) is 14.4 Å². The van der Waals surface area contributed by atoms with E-state index in [1.807, 2.05) is 0 Å². The predicted molar refractivity (Wildman–Crippen MR) is 294 cm³/mol. The molecular formula is C61H100O12. The van der Waals surface area contributed by atoms with Gasteiger partial charge in [0.15, 0.2) is 24.6 Å². The quantitative estimate of drug-likeness (QED) is 0.0228. The molecule has 0 radical (unpaired) electrons. The van der Waals surface area contributed by atoms with Gasteiger partial charge in [0.1, 0.15) is 18.8 Å². The van der Waals surface area contributed by atoms with Gasteiger partial charge in [-0.2, -0.15) is 0 Å². The molecule has 6 unspecified atom stereocenters. The van der Waals surface area contributed by atoms with Crippen molar-refractivity contribution in [3.63, 3.8) is 0 Å². The summed E-state index contributed by atoms with van der Waals surface area (Å²) in [5.74, 6) is -3.18. The molecule has 12 heteroatoms. The number of ether oxygens (including phenoxy) is 5. The van der Waals surface area contributed by atoms with E-state index in [4.69, 9.17) is 23.7 Å². The smallest absolute Gasteiger partial charge is 0.335 e. The average Bonchev–Trinajstić information content (AvgIpc) is 3.37. The molecule has 0 saturated carbocycles. The van der Waals surface area contributed by atoms with Gasteiger partial charge in [-0.05, 0) is 89.9 Å². The lowest BCUT2D eigenvalue weighted by molar-refractivity contribution is -0.301. The Bertz CT molecular complexity index is 1590. The van der Waals surface area contributed by atoms with Crippen LogP contribution in [0.1, 0.15) is 226 Å². The topological polar surface area (TPSA) is 175 Å². The first kappa shape index (κ1) is 66.9. The molecule has 12 nitrogen and oxygen atoms in total. The monoisotopic (exact) mass is 1020 g/mol. The summed E-state index contributed by atoms with van der Waals surface area (Å²) in [6.45, 7) is 5.71. The normalized spacial score (nSPS) is 18.9. The van der Waals surface area contributed by atoms with Crippen molar-refractivity contribution >= 4 is 23.9 Å². The van der Waals surface area contributed by atoms with Gasteiger partial charge in [-0.1, -0.05) is 202 Å². The highest BCUT2D eigenvalue weighted by Crippen LogP contribution is 2.26. The summed E-state index contributed by atoms with van der Waals surface area (Å²) in [6, 6.07) is 0. The fourth-order valence-electron chi connectivity index (χ4n) is 8.14. The van der Waals surface area contributed by atoms with Crippen LogP contribution in [0.3, 0.4) is 0 Å². The SMILES string of the molecule is CC/C=C\C/C=C\C/C=C\C/C=C\CCCCCCC(=O)OCC(COC1OC(C(=O)O)C(O)C(O)C1OC(=O)CCCCCCCCCCCCC)OC(=O)CCCCCCC/C=C\C/C=C\C/C=C\CC. The number of esters is 3. The van der Waals surface area contributed by atoms with Gasteiger partial charge in [-0.15, -0.1) is 0 Å². The zero-order valence-electron chi connectivity index (χ0n) is 45.6. The van der Waals surface area contributed by atoms with Crippen LogP contribution >= 0.6 is 0 Å². The number of rotatable bonds is 47. The molecule has 1 rings (SSSR count).